The third kappa shape index (κ3) is 4.98. The Labute approximate surface area is 145 Å². The second kappa shape index (κ2) is 8.20. The number of anilines is 1. The molecule has 2 aromatic rings. The fourth-order valence-corrected chi connectivity index (χ4v) is 2.37. The van der Waals surface area contributed by atoms with E-state index in [4.69, 9.17) is 15.7 Å². The van der Waals surface area contributed by atoms with Crippen LogP contribution in [0.3, 0.4) is 0 Å². The van der Waals surface area contributed by atoms with Crippen molar-refractivity contribution in [1.29, 1.82) is 0 Å². The average Bonchev–Trinajstić information content (AvgIpc) is 2.86. The smallest absolute Gasteiger partial charge is 0.319 e. The van der Waals surface area contributed by atoms with Gasteiger partial charge in [-0.2, -0.15) is 0 Å². The van der Waals surface area contributed by atoms with Crippen molar-refractivity contribution in [3.63, 3.8) is 0 Å². The Morgan fingerprint density at radius 2 is 2.24 bits per heavy atom. The van der Waals surface area contributed by atoms with Gasteiger partial charge in [-0.25, -0.2) is 9.18 Å². The lowest BCUT2D eigenvalue weighted by atomic mass is 10.1. The number of nitrogens with zero attached hydrogens (tertiary/aromatic N) is 1. The summed E-state index contributed by atoms with van der Waals surface area (Å²) in [5.41, 5.74) is 2.10. The average molecular weight is 345 g/mol. The molecule has 2 amide bonds. The van der Waals surface area contributed by atoms with Gasteiger partial charge in [-0.05, 0) is 39.3 Å². The summed E-state index contributed by atoms with van der Waals surface area (Å²) in [5, 5.41) is 9.34. The first-order valence-corrected chi connectivity index (χ1v) is 7.75. The number of benzene rings is 1. The van der Waals surface area contributed by atoms with E-state index in [1.807, 2.05) is 20.8 Å². The zero-order valence-electron chi connectivity index (χ0n) is 14.4. The Morgan fingerprint density at radius 3 is 2.88 bits per heavy atom. The van der Waals surface area contributed by atoms with Gasteiger partial charge in [0.2, 0.25) is 0 Å². The van der Waals surface area contributed by atoms with E-state index < -0.39 is 11.8 Å². The van der Waals surface area contributed by atoms with E-state index in [0.29, 0.717) is 12.1 Å². The highest BCUT2D eigenvalue weighted by Gasteiger charge is 2.16. The molecule has 2 rings (SSSR count). The number of urea groups is 1. The maximum atomic E-state index is 13.3. The first-order valence-electron chi connectivity index (χ1n) is 7.75. The number of aromatic nitrogens is 1. The number of nitrogens with one attached hydrogen (secondary N) is 2. The Kier molecular flexibility index (Phi) is 6.01. The van der Waals surface area contributed by atoms with Crippen LogP contribution in [0.25, 0.3) is 0 Å². The third-order valence-corrected chi connectivity index (χ3v) is 3.57. The predicted octanol–water partition coefficient (Wildman–Crippen LogP) is 3.20. The fourth-order valence-electron chi connectivity index (χ4n) is 2.37. The maximum Gasteiger partial charge on any atom is 0.319 e. The van der Waals surface area contributed by atoms with E-state index in [9.17, 15) is 9.18 Å². The summed E-state index contributed by atoms with van der Waals surface area (Å²) in [6.07, 6.45) is 5.72. The van der Waals surface area contributed by atoms with Crippen LogP contribution in [-0.2, 0) is 6.42 Å². The number of ether oxygens (including phenoxy) is 1. The normalized spacial score (nSPS) is 11.5. The number of halogens is 1. The molecule has 2 N–H and O–H groups in total. The first-order chi connectivity index (χ1) is 11.9. The van der Waals surface area contributed by atoms with Crippen molar-refractivity contribution >= 4 is 11.7 Å². The number of hydrogen-bond donors (Lipinski definition) is 2. The van der Waals surface area contributed by atoms with Crippen molar-refractivity contribution in [3.05, 3.63) is 41.0 Å². The minimum Gasteiger partial charge on any atom is -0.479 e. The van der Waals surface area contributed by atoms with Crippen LogP contribution < -0.4 is 15.4 Å². The molecular formula is C18H20FN3O3. The molecule has 0 aliphatic carbocycles. The van der Waals surface area contributed by atoms with Gasteiger partial charge in [-0.3, -0.25) is 0 Å². The van der Waals surface area contributed by atoms with Crippen LogP contribution in [0.1, 0.15) is 23.9 Å². The summed E-state index contributed by atoms with van der Waals surface area (Å²) in [4.78, 5) is 12.2. The maximum absolute atomic E-state index is 13.3. The fraction of sp³-hybridized carbons (Fsp3) is 0.333. The van der Waals surface area contributed by atoms with Gasteiger partial charge in [0.25, 0.3) is 0 Å². The Hall–Kier alpha value is -3.01. The van der Waals surface area contributed by atoms with Crippen LogP contribution in [0.5, 0.6) is 5.75 Å². The molecule has 1 heterocycles. The summed E-state index contributed by atoms with van der Waals surface area (Å²) in [7, 11) is 0. The number of carbonyl (C=O) groups excluding carboxylic acids is 1. The molecule has 0 saturated heterocycles. The first kappa shape index (κ1) is 18.3. The molecule has 0 fully saturated rings. The largest absolute Gasteiger partial charge is 0.479 e. The molecule has 1 aromatic carbocycles. The van der Waals surface area contributed by atoms with Gasteiger partial charge in [0, 0.05) is 17.7 Å². The molecule has 0 unspecified atom stereocenters. The summed E-state index contributed by atoms with van der Waals surface area (Å²) in [6.45, 7) is 5.52. The highest BCUT2D eigenvalue weighted by atomic mass is 19.1. The van der Waals surface area contributed by atoms with Gasteiger partial charge in [0.15, 0.2) is 0 Å². The number of carbonyl (C=O) groups is 1. The molecule has 0 spiro atoms. The van der Waals surface area contributed by atoms with Crippen LogP contribution in [0.2, 0.25) is 0 Å². The second-order valence-electron chi connectivity index (χ2n) is 5.64. The lowest BCUT2D eigenvalue weighted by Gasteiger charge is -2.16. The summed E-state index contributed by atoms with van der Waals surface area (Å²) in [5.74, 6) is 2.72. The van der Waals surface area contributed by atoms with Crippen molar-refractivity contribution in [2.24, 2.45) is 0 Å². The molecule has 0 bridgehead atoms. The number of hydrogen-bond acceptors (Lipinski definition) is 4. The number of amides is 2. The molecule has 6 nitrogen and oxygen atoms in total. The van der Waals surface area contributed by atoms with Crippen molar-refractivity contribution in [1.82, 2.24) is 10.5 Å². The SMILES string of the molecule is C#CCOc1cc(F)ccc1NC(=O)N[C@H](C)Cc1c(C)noc1C. The molecule has 0 aliphatic rings. The van der Waals surface area contributed by atoms with Crippen LogP contribution in [0.15, 0.2) is 22.7 Å². The molecule has 7 heteroatoms. The van der Waals surface area contributed by atoms with Gasteiger partial charge in [-0.15, -0.1) is 6.42 Å². The zero-order chi connectivity index (χ0) is 18.4. The lowest BCUT2D eigenvalue weighted by molar-refractivity contribution is 0.249. The van der Waals surface area contributed by atoms with Crippen molar-refractivity contribution in [2.75, 3.05) is 11.9 Å². The minimum absolute atomic E-state index is 0.0256. The molecule has 132 valence electrons. The van der Waals surface area contributed by atoms with E-state index >= 15 is 0 Å². The summed E-state index contributed by atoms with van der Waals surface area (Å²) < 4.78 is 23.7. The van der Waals surface area contributed by atoms with Gasteiger partial charge < -0.3 is 19.9 Å². The van der Waals surface area contributed by atoms with Gasteiger partial charge >= 0.3 is 6.03 Å². The number of aryl methyl sites for hydroxylation is 2. The zero-order valence-corrected chi connectivity index (χ0v) is 14.4. The Bertz CT molecular complexity index is 776. The molecule has 0 radical (unpaired) electrons. The van der Waals surface area contributed by atoms with Crippen LogP contribution in [0.4, 0.5) is 14.9 Å². The van der Waals surface area contributed by atoms with E-state index in [1.165, 1.54) is 18.2 Å². The third-order valence-electron chi connectivity index (χ3n) is 3.57. The number of rotatable bonds is 6. The van der Waals surface area contributed by atoms with Crippen LogP contribution in [0, 0.1) is 32.0 Å². The van der Waals surface area contributed by atoms with Gasteiger partial charge in [-0.1, -0.05) is 11.1 Å². The van der Waals surface area contributed by atoms with Crippen molar-refractivity contribution in [3.8, 4) is 18.1 Å². The van der Waals surface area contributed by atoms with E-state index in [1.54, 1.807) is 0 Å². The van der Waals surface area contributed by atoms with E-state index in [-0.39, 0.29) is 18.4 Å². The molecule has 1 aromatic heterocycles. The van der Waals surface area contributed by atoms with E-state index in [2.05, 4.69) is 21.7 Å². The van der Waals surface area contributed by atoms with E-state index in [0.717, 1.165) is 17.0 Å². The topological polar surface area (TPSA) is 76.4 Å². The second-order valence-corrected chi connectivity index (χ2v) is 5.64. The standard InChI is InChI=1S/C18H20FN3O3/c1-5-8-24-17-10-14(19)6-7-16(17)21-18(23)20-11(2)9-15-12(3)22-25-13(15)4/h1,6-7,10-11H,8-9H2,2-4H3,(H2,20,21,23)/t11-/m1/s1. The molecular weight excluding hydrogens is 325 g/mol. The highest BCUT2D eigenvalue weighted by molar-refractivity contribution is 5.91. The van der Waals surface area contributed by atoms with Crippen LogP contribution >= 0.6 is 0 Å². The minimum atomic E-state index is -0.482. The predicted molar refractivity (Wildman–Crippen MR) is 92.0 cm³/mol. The van der Waals surface area contributed by atoms with Gasteiger partial charge in [0.05, 0.1) is 11.4 Å². The number of terminal acetylenes is 1. The summed E-state index contributed by atoms with van der Waals surface area (Å²) in [6, 6.07) is 3.22. The molecule has 0 saturated carbocycles. The summed E-state index contributed by atoms with van der Waals surface area (Å²) >= 11 is 0. The lowest BCUT2D eigenvalue weighted by Crippen LogP contribution is -2.37. The van der Waals surface area contributed by atoms with Gasteiger partial charge in [0.1, 0.15) is 23.9 Å². The molecule has 1 atom stereocenters. The highest BCUT2D eigenvalue weighted by Crippen LogP contribution is 2.25. The Balaban J connectivity index is 1.99. The van der Waals surface area contributed by atoms with Crippen molar-refractivity contribution in [2.45, 2.75) is 33.2 Å². The Morgan fingerprint density at radius 1 is 1.48 bits per heavy atom. The molecule has 25 heavy (non-hydrogen) atoms. The van der Waals surface area contributed by atoms with Crippen LogP contribution in [-0.4, -0.2) is 23.8 Å². The quantitative estimate of drug-likeness (QED) is 0.788. The monoisotopic (exact) mass is 345 g/mol. The molecule has 0 aliphatic heterocycles. The van der Waals surface area contributed by atoms with Crippen molar-refractivity contribution < 1.29 is 18.4 Å².